The van der Waals surface area contributed by atoms with Crippen molar-refractivity contribution in [1.29, 1.82) is 5.26 Å². The van der Waals surface area contributed by atoms with Crippen molar-refractivity contribution in [2.75, 3.05) is 19.7 Å². The van der Waals surface area contributed by atoms with E-state index in [9.17, 15) is 20.3 Å². The second kappa shape index (κ2) is 16.6. The van der Waals surface area contributed by atoms with E-state index >= 15 is 0 Å². The molecule has 2 atom stereocenters. The molecule has 1 fully saturated rings. The zero-order valence-corrected chi connectivity index (χ0v) is 30.8. The number of hydrogen-bond acceptors (Lipinski definition) is 8. The second-order valence-electron chi connectivity index (χ2n) is 13.7. The molecule has 0 aliphatic carbocycles. The molecule has 1 saturated heterocycles. The van der Waals surface area contributed by atoms with Crippen LogP contribution in [0, 0.1) is 25.2 Å². The van der Waals surface area contributed by atoms with Crippen LogP contribution in [0.5, 0.6) is 11.5 Å². The highest BCUT2D eigenvalue weighted by Crippen LogP contribution is 2.37. The van der Waals surface area contributed by atoms with Crippen molar-refractivity contribution >= 4 is 17.6 Å². The smallest absolute Gasteiger partial charge is 0.326 e. The van der Waals surface area contributed by atoms with Crippen LogP contribution in [0.1, 0.15) is 58.2 Å². The highest BCUT2D eigenvalue weighted by atomic mass is 35.5. The average molecular weight is 731 g/mol. The van der Waals surface area contributed by atoms with E-state index < -0.39 is 18.1 Å². The number of nitrogens with zero attached hydrogens (tertiary/aromatic N) is 2. The van der Waals surface area contributed by atoms with Gasteiger partial charge in [0.15, 0.2) is 0 Å². The summed E-state index contributed by atoms with van der Waals surface area (Å²) in [6, 6.07) is 28.7. The summed E-state index contributed by atoms with van der Waals surface area (Å²) in [7, 11) is 0. The van der Waals surface area contributed by atoms with Gasteiger partial charge in [0.05, 0.1) is 17.2 Å². The first-order chi connectivity index (χ1) is 25.6. The van der Waals surface area contributed by atoms with Gasteiger partial charge in [-0.1, -0.05) is 72.3 Å². The zero-order valence-electron chi connectivity index (χ0n) is 30.1. The Morgan fingerprint density at radius 2 is 1.68 bits per heavy atom. The van der Waals surface area contributed by atoms with Crippen LogP contribution >= 0.6 is 11.6 Å². The van der Waals surface area contributed by atoms with E-state index in [4.69, 9.17) is 21.1 Å². The first-order valence-electron chi connectivity index (χ1n) is 17.6. The Morgan fingerprint density at radius 1 is 0.962 bits per heavy atom. The van der Waals surface area contributed by atoms with Crippen LogP contribution in [0.25, 0.3) is 22.3 Å². The summed E-state index contributed by atoms with van der Waals surface area (Å²) >= 11 is 6.76. The number of nitriles is 1. The number of halogens is 1. The predicted molar refractivity (Wildman–Crippen MR) is 206 cm³/mol. The Balaban J connectivity index is 1.24. The zero-order chi connectivity index (χ0) is 37.5. The number of nitrogens with one attached hydrogen (secondary N) is 2. The van der Waals surface area contributed by atoms with Gasteiger partial charge in [-0.25, -0.2) is 0 Å². The Morgan fingerprint density at radius 3 is 2.38 bits per heavy atom. The molecular formula is C43H43ClN4O5. The lowest BCUT2D eigenvalue weighted by Gasteiger charge is -2.25. The van der Waals surface area contributed by atoms with E-state index in [1.54, 1.807) is 24.4 Å². The number of benzene rings is 4. The van der Waals surface area contributed by atoms with E-state index in [0.29, 0.717) is 39.1 Å². The van der Waals surface area contributed by atoms with Gasteiger partial charge in [0, 0.05) is 42.7 Å². The number of aromatic nitrogens is 1. The maximum Gasteiger partial charge on any atom is 0.326 e. The van der Waals surface area contributed by atoms with Gasteiger partial charge in [0.2, 0.25) is 0 Å². The molecule has 2 heterocycles. The molecular weight excluding hydrogens is 688 g/mol. The summed E-state index contributed by atoms with van der Waals surface area (Å²) in [5.74, 6) is 0.164. The summed E-state index contributed by atoms with van der Waals surface area (Å²) in [4.78, 5) is 15.9. The van der Waals surface area contributed by atoms with Crippen molar-refractivity contribution < 1.29 is 24.5 Å². The number of carboxylic acids is 1. The lowest BCUT2D eigenvalue weighted by atomic mass is 9.89. The van der Waals surface area contributed by atoms with Crippen LogP contribution in [-0.4, -0.2) is 46.4 Å². The number of carboxylic acid groups (broad SMARTS) is 1. The Labute approximate surface area is 315 Å². The number of hydrogen-bond donors (Lipinski definition) is 4. The highest BCUT2D eigenvalue weighted by Gasteiger charge is 2.32. The van der Waals surface area contributed by atoms with Crippen molar-refractivity contribution in [2.45, 2.75) is 58.4 Å². The first-order valence-corrected chi connectivity index (χ1v) is 18.0. The predicted octanol–water partition coefficient (Wildman–Crippen LogP) is 7.72. The van der Waals surface area contributed by atoms with Crippen molar-refractivity contribution in [1.82, 2.24) is 15.6 Å². The van der Waals surface area contributed by atoms with Crippen molar-refractivity contribution in [3.05, 3.63) is 135 Å². The third-order valence-corrected chi connectivity index (χ3v) is 10.4. The Hall–Kier alpha value is -5.24. The van der Waals surface area contributed by atoms with Gasteiger partial charge < -0.3 is 25.0 Å². The number of rotatable bonds is 14. The molecule has 6 rings (SSSR count). The maximum absolute atomic E-state index is 11.8. The van der Waals surface area contributed by atoms with Crippen LogP contribution < -0.4 is 20.1 Å². The maximum atomic E-state index is 11.8. The van der Waals surface area contributed by atoms with Crippen LogP contribution in [0.2, 0.25) is 5.02 Å². The molecule has 0 amide bonds. The lowest BCUT2D eigenvalue weighted by Crippen LogP contribution is -2.52. The quantitative estimate of drug-likeness (QED) is 0.0906. The minimum absolute atomic E-state index is 0.0386. The summed E-state index contributed by atoms with van der Waals surface area (Å²) < 4.78 is 12.5. The third-order valence-electron chi connectivity index (χ3n) is 10.1. The second-order valence-corrected chi connectivity index (χ2v) is 14.1. The molecule has 9 nitrogen and oxygen atoms in total. The molecule has 4 aromatic carbocycles. The fourth-order valence-electron chi connectivity index (χ4n) is 6.64. The first kappa shape index (κ1) is 37.5. The van der Waals surface area contributed by atoms with E-state index in [0.717, 1.165) is 35.3 Å². The number of ether oxygens (including phenoxy) is 2. The molecule has 1 aromatic heterocycles. The molecule has 0 unspecified atom stereocenters. The molecule has 5 aromatic rings. The number of pyridine rings is 1. The number of carbonyl (C=O) groups is 1. The Bertz CT molecular complexity index is 2140. The van der Waals surface area contributed by atoms with Gasteiger partial charge in [-0.2, -0.15) is 5.26 Å². The molecule has 272 valence electrons. The molecule has 10 heteroatoms. The largest absolute Gasteiger partial charge is 0.488 e. The topological polar surface area (TPSA) is 137 Å². The standard InChI is InChI=1S/C43H43ClN4O5/c1-27-34(6-4-8-37(27)38-9-5-7-36(28(38)2)32-12-10-31(11-13-32)33-14-15-46-22-33)25-53-41-18-40(52-24-30-16-29(19-45)20-47-21-30)35(17-39(41)44)23-48-43(3,26-49)42(50)51/h4-13,16-18,20-21,33,46,48-49H,14-15,22-26H2,1-3H3,(H,50,51)/t33-,43-/m0/s1. The van der Waals surface area contributed by atoms with Crippen LogP contribution in [0.3, 0.4) is 0 Å². The van der Waals surface area contributed by atoms with Gasteiger partial charge in [-0.15, -0.1) is 0 Å². The minimum Gasteiger partial charge on any atom is -0.488 e. The van der Waals surface area contributed by atoms with E-state index in [1.807, 2.05) is 12.1 Å². The molecule has 0 bridgehead atoms. The number of aliphatic hydroxyl groups excluding tert-OH is 1. The van der Waals surface area contributed by atoms with Gasteiger partial charge in [-0.05, 0) is 96.3 Å². The SMILES string of the molecule is Cc1c(COc2cc(OCc3cncc(C#N)c3)c(CN[C@@](C)(CO)C(=O)O)cc2Cl)cccc1-c1cccc(-c2ccc([C@H]3CCNC3)cc2)c1C. The number of aliphatic hydroxyl groups is 1. The molecule has 0 saturated carbocycles. The lowest BCUT2D eigenvalue weighted by molar-refractivity contribution is -0.145. The normalized spacial score (nSPS) is 15.1. The van der Waals surface area contributed by atoms with E-state index in [2.05, 4.69) is 84.1 Å². The van der Waals surface area contributed by atoms with Gasteiger partial charge in [0.1, 0.15) is 36.3 Å². The summed E-state index contributed by atoms with van der Waals surface area (Å²) in [5.41, 5.74) is 9.39. The summed E-state index contributed by atoms with van der Waals surface area (Å²) in [6.45, 7) is 7.53. The molecule has 1 aliphatic rings. The molecule has 0 radical (unpaired) electrons. The van der Waals surface area contributed by atoms with Crippen molar-refractivity contribution in [3.8, 4) is 39.8 Å². The van der Waals surface area contributed by atoms with Gasteiger partial charge in [0.25, 0.3) is 0 Å². The summed E-state index contributed by atoms with van der Waals surface area (Å²) in [6.07, 6.45) is 4.25. The molecule has 53 heavy (non-hydrogen) atoms. The van der Waals surface area contributed by atoms with Crippen molar-refractivity contribution in [3.63, 3.8) is 0 Å². The summed E-state index contributed by atoms with van der Waals surface area (Å²) in [5, 5.41) is 35.4. The van der Waals surface area contributed by atoms with Crippen LogP contribution in [0.15, 0.2) is 91.3 Å². The van der Waals surface area contributed by atoms with Crippen molar-refractivity contribution in [2.24, 2.45) is 0 Å². The van der Waals surface area contributed by atoms with E-state index in [-0.39, 0.29) is 19.8 Å². The molecule has 4 N–H and O–H groups in total. The molecule has 0 spiro atoms. The molecule has 1 aliphatic heterocycles. The Kier molecular flexibility index (Phi) is 11.8. The van der Waals surface area contributed by atoms with Gasteiger partial charge >= 0.3 is 5.97 Å². The van der Waals surface area contributed by atoms with Crippen LogP contribution in [-0.2, 0) is 24.6 Å². The van der Waals surface area contributed by atoms with Crippen LogP contribution in [0.4, 0.5) is 0 Å². The monoisotopic (exact) mass is 730 g/mol. The van der Waals surface area contributed by atoms with E-state index in [1.165, 1.54) is 41.8 Å². The third kappa shape index (κ3) is 8.54. The fourth-order valence-corrected chi connectivity index (χ4v) is 6.88. The average Bonchev–Trinajstić information content (AvgIpc) is 3.72. The van der Waals surface area contributed by atoms with Gasteiger partial charge in [-0.3, -0.25) is 15.1 Å². The highest BCUT2D eigenvalue weighted by molar-refractivity contribution is 6.32. The fraction of sp³-hybridized carbons (Fsp3) is 0.279. The minimum atomic E-state index is -1.58. The number of aliphatic carboxylic acids is 1.